The van der Waals surface area contributed by atoms with Gasteiger partial charge in [0.05, 0.1) is 19.3 Å². The van der Waals surface area contributed by atoms with Gasteiger partial charge in [-0.05, 0) is 12.8 Å². The summed E-state index contributed by atoms with van der Waals surface area (Å²) in [5.74, 6) is 1.49. The van der Waals surface area contributed by atoms with E-state index in [2.05, 4.69) is 25.8 Å². The number of hydrogen-bond acceptors (Lipinski definition) is 7. The molecule has 0 unspecified atom stereocenters. The van der Waals surface area contributed by atoms with Gasteiger partial charge in [-0.2, -0.15) is 4.98 Å². The fourth-order valence-electron chi connectivity index (χ4n) is 1.73. The van der Waals surface area contributed by atoms with Gasteiger partial charge < -0.3 is 15.6 Å². The maximum Gasteiger partial charge on any atom is 0.234 e. The molecule has 20 heavy (non-hydrogen) atoms. The molecule has 2 heterocycles. The van der Waals surface area contributed by atoms with Crippen molar-refractivity contribution < 1.29 is 9.32 Å². The average molecular weight is 277 g/mol. The number of nitrogens with zero attached hydrogens (tertiary/aromatic N) is 5. The summed E-state index contributed by atoms with van der Waals surface area (Å²) in [6, 6.07) is 0. The molecule has 1 fully saturated rings. The maximum absolute atomic E-state index is 11.0. The number of carbonyl (C=O) groups excluding carboxylic acids is 1. The standard InChI is InChI=1S/C11H15N7O2/c12-3-10(19)13-4-8-5-18(17-15-8)6-9-14-11(20-16-9)7-1-2-7/h5,7H,1-4,6,12H2,(H,13,19). The predicted octanol–water partition coefficient (Wildman–Crippen LogP) is -0.838. The zero-order valence-electron chi connectivity index (χ0n) is 10.8. The summed E-state index contributed by atoms with van der Waals surface area (Å²) >= 11 is 0. The zero-order valence-corrected chi connectivity index (χ0v) is 10.8. The summed E-state index contributed by atoms with van der Waals surface area (Å²) in [5.41, 5.74) is 5.85. The van der Waals surface area contributed by atoms with Crippen molar-refractivity contribution in [1.82, 2.24) is 30.5 Å². The molecule has 2 aromatic rings. The first-order chi connectivity index (χ1) is 9.74. The van der Waals surface area contributed by atoms with E-state index in [0.29, 0.717) is 36.4 Å². The highest BCUT2D eigenvalue weighted by molar-refractivity contribution is 5.77. The molecule has 106 valence electrons. The Hall–Kier alpha value is -2.29. The van der Waals surface area contributed by atoms with Crippen molar-refractivity contribution in [1.29, 1.82) is 0 Å². The largest absolute Gasteiger partial charge is 0.349 e. The van der Waals surface area contributed by atoms with Gasteiger partial charge in [0.2, 0.25) is 11.8 Å². The van der Waals surface area contributed by atoms with Gasteiger partial charge >= 0.3 is 0 Å². The molecule has 0 spiro atoms. The molecule has 0 aromatic carbocycles. The molecular weight excluding hydrogens is 262 g/mol. The lowest BCUT2D eigenvalue weighted by Gasteiger charge is -1.98. The van der Waals surface area contributed by atoms with Gasteiger partial charge in [0.25, 0.3) is 0 Å². The van der Waals surface area contributed by atoms with E-state index in [1.54, 1.807) is 10.9 Å². The summed E-state index contributed by atoms with van der Waals surface area (Å²) in [6.45, 7) is 0.657. The van der Waals surface area contributed by atoms with Crippen LogP contribution >= 0.6 is 0 Å². The second-order valence-electron chi connectivity index (χ2n) is 4.71. The molecule has 1 aliphatic rings. The third-order valence-corrected chi connectivity index (χ3v) is 2.95. The first-order valence-electron chi connectivity index (χ1n) is 6.43. The molecule has 1 amide bonds. The quantitative estimate of drug-likeness (QED) is 0.705. The Bertz CT molecular complexity index is 601. The van der Waals surface area contributed by atoms with Crippen LogP contribution in [0, 0.1) is 0 Å². The lowest BCUT2D eigenvalue weighted by Crippen LogP contribution is -2.29. The Morgan fingerprint density at radius 3 is 3.15 bits per heavy atom. The van der Waals surface area contributed by atoms with E-state index >= 15 is 0 Å². The highest BCUT2D eigenvalue weighted by Gasteiger charge is 2.29. The van der Waals surface area contributed by atoms with Crippen LogP contribution in [0.25, 0.3) is 0 Å². The third kappa shape index (κ3) is 2.99. The predicted molar refractivity (Wildman–Crippen MR) is 66.3 cm³/mol. The number of carbonyl (C=O) groups is 1. The molecule has 0 atom stereocenters. The van der Waals surface area contributed by atoms with Gasteiger partial charge in [-0.15, -0.1) is 5.10 Å². The Kier molecular flexibility index (Phi) is 3.42. The Morgan fingerprint density at radius 1 is 1.55 bits per heavy atom. The molecular formula is C11H15N7O2. The first kappa shape index (κ1) is 12.7. The SMILES string of the molecule is NCC(=O)NCc1cn(Cc2noc(C3CC3)n2)nn1. The van der Waals surface area contributed by atoms with Crippen LogP contribution in [0.4, 0.5) is 0 Å². The lowest BCUT2D eigenvalue weighted by molar-refractivity contribution is -0.119. The van der Waals surface area contributed by atoms with E-state index in [0.717, 1.165) is 12.8 Å². The van der Waals surface area contributed by atoms with E-state index < -0.39 is 0 Å². The summed E-state index contributed by atoms with van der Waals surface area (Å²) < 4.78 is 6.77. The second kappa shape index (κ2) is 5.37. The van der Waals surface area contributed by atoms with Crippen molar-refractivity contribution >= 4 is 5.91 Å². The molecule has 1 aliphatic carbocycles. The number of hydrogen-bond donors (Lipinski definition) is 2. The molecule has 0 radical (unpaired) electrons. The van der Waals surface area contributed by atoms with Crippen LogP contribution in [0.1, 0.15) is 36.2 Å². The highest BCUT2D eigenvalue weighted by Crippen LogP contribution is 2.38. The number of rotatable bonds is 6. The minimum absolute atomic E-state index is 0.0407. The molecule has 1 saturated carbocycles. The molecule has 9 heteroatoms. The fourth-order valence-corrected chi connectivity index (χ4v) is 1.73. The van der Waals surface area contributed by atoms with Crippen molar-refractivity contribution in [2.45, 2.75) is 31.8 Å². The van der Waals surface area contributed by atoms with Gasteiger partial charge in [0, 0.05) is 5.92 Å². The number of nitrogens with two attached hydrogens (primary N) is 1. The third-order valence-electron chi connectivity index (χ3n) is 2.95. The Morgan fingerprint density at radius 2 is 2.40 bits per heavy atom. The molecule has 0 aliphatic heterocycles. The second-order valence-corrected chi connectivity index (χ2v) is 4.71. The van der Waals surface area contributed by atoms with E-state index in [9.17, 15) is 4.79 Å². The summed E-state index contributed by atoms with van der Waals surface area (Å²) in [5, 5.41) is 14.4. The summed E-state index contributed by atoms with van der Waals surface area (Å²) in [6.07, 6.45) is 3.97. The van der Waals surface area contributed by atoms with Gasteiger partial charge in [-0.25, -0.2) is 4.68 Å². The molecule has 3 rings (SSSR count). The first-order valence-corrected chi connectivity index (χ1v) is 6.43. The van der Waals surface area contributed by atoms with Gasteiger partial charge in [0.15, 0.2) is 5.82 Å². The number of nitrogens with one attached hydrogen (secondary N) is 1. The van der Waals surface area contributed by atoms with Crippen LogP contribution in [0.15, 0.2) is 10.7 Å². The van der Waals surface area contributed by atoms with Crippen molar-refractivity contribution in [3.05, 3.63) is 23.6 Å². The minimum Gasteiger partial charge on any atom is -0.349 e. The van der Waals surface area contributed by atoms with E-state index in [-0.39, 0.29) is 12.5 Å². The van der Waals surface area contributed by atoms with Crippen molar-refractivity contribution in [2.24, 2.45) is 5.73 Å². The van der Waals surface area contributed by atoms with Crippen LogP contribution in [-0.4, -0.2) is 37.6 Å². The summed E-state index contributed by atoms with van der Waals surface area (Å²) in [7, 11) is 0. The minimum atomic E-state index is -0.230. The van der Waals surface area contributed by atoms with E-state index in [1.165, 1.54) is 0 Å². The molecule has 0 bridgehead atoms. The molecule has 9 nitrogen and oxygen atoms in total. The lowest BCUT2D eigenvalue weighted by atomic mass is 10.4. The monoisotopic (exact) mass is 277 g/mol. The number of aromatic nitrogens is 5. The smallest absolute Gasteiger partial charge is 0.234 e. The summed E-state index contributed by atoms with van der Waals surface area (Å²) in [4.78, 5) is 15.3. The van der Waals surface area contributed by atoms with Crippen LogP contribution in [-0.2, 0) is 17.9 Å². The van der Waals surface area contributed by atoms with Crippen LogP contribution in [0.5, 0.6) is 0 Å². The molecule has 2 aromatic heterocycles. The highest BCUT2D eigenvalue weighted by atomic mass is 16.5. The van der Waals surface area contributed by atoms with E-state index in [1.807, 2.05) is 0 Å². The zero-order chi connectivity index (χ0) is 13.9. The van der Waals surface area contributed by atoms with Gasteiger partial charge in [-0.1, -0.05) is 10.4 Å². The Labute approximate surface area is 114 Å². The van der Waals surface area contributed by atoms with Crippen LogP contribution < -0.4 is 11.1 Å². The average Bonchev–Trinajstić information content (AvgIpc) is 3.04. The maximum atomic E-state index is 11.0. The topological polar surface area (TPSA) is 125 Å². The van der Waals surface area contributed by atoms with Crippen molar-refractivity contribution in [2.75, 3.05) is 6.54 Å². The number of amides is 1. The molecule has 3 N–H and O–H groups in total. The van der Waals surface area contributed by atoms with Gasteiger partial charge in [-0.3, -0.25) is 4.79 Å². The normalized spacial score (nSPS) is 14.4. The van der Waals surface area contributed by atoms with Crippen LogP contribution in [0.3, 0.4) is 0 Å². The fraction of sp³-hybridized carbons (Fsp3) is 0.545. The van der Waals surface area contributed by atoms with Crippen molar-refractivity contribution in [3.63, 3.8) is 0 Å². The molecule has 0 saturated heterocycles. The van der Waals surface area contributed by atoms with Gasteiger partial charge in [0.1, 0.15) is 12.2 Å². The van der Waals surface area contributed by atoms with Crippen molar-refractivity contribution in [3.8, 4) is 0 Å². The Balaban J connectivity index is 1.57. The van der Waals surface area contributed by atoms with Crippen LogP contribution in [0.2, 0.25) is 0 Å². The van der Waals surface area contributed by atoms with E-state index in [4.69, 9.17) is 10.3 Å².